The van der Waals surface area contributed by atoms with Gasteiger partial charge >= 0.3 is 0 Å². The van der Waals surface area contributed by atoms with Gasteiger partial charge in [-0.3, -0.25) is 0 Å². The maximum Gasteiger partial charge on any atom is 0.0462 e. The highest BCUT2D eigenvalue weighted by Gasteiger charge is 2.14. The predicted molar refractivity (Wildman–Crippen MR) is 210 cm³/mol. The molecule has 0 amide bonds. The first-order valence-electron chi connectivity index (χ1n) is 16.7. The van der Waals surface area contributed by atoms with Crippen molar-refractivity contribution in [2.45, 2.75) is 0 Å². The van der Waals surface area contributed by atoms with Crippen LogP contribution in [0.1, 0.15) is 5.56 Å². The molecule has 0 saturated heterocycles. The fourth-order valence-electron chi connectivity index (χ4n) is 6.52. The van der Waals surface area contributed by atoms with Gasteiger partial charge in [-0.1, -0.05) is 164 Å². The molecule has 0 unspecified atom stereocenters. The van der Waals surface area contributed by atoms with E-state index < -0.39 is 0 Å². The van der Waals surface area contributed by atoms with Crippen molar-refractivity contribution in [2.24, 2.45) is 0 Å². The van der Waals surface area contributed by atoms with Crippen LogP contribution in [0, 0.1) is 0 Å². The van der Waals surface area contributed by atoms with Crippen LogP contribution in [0.5, 0.6) is 0 Å². The van der Waals surface area contributed by atoms with Gasteiger partial charge in [0.2, 0.25) is 0 Å². The van der Waals surface area contributed by atoms with Crippen molar-refractivity contribution in [3.63, 3.8) is 0 Å². The Morgan fingerprint density at radius 3 is 1.12 bits per heavy atom. The monoisotopic (exact) mass is 625 g/mol. The number of rotatable bonds is 8. The van der Waals surface area contributed by atoms with Gasteiger partial charge in [-0.2, -0.15) is 0 Å². The minimum Gasteiger partial charge on any atom is -0.311 e. The molecule has 0 aliphatic carbocycles. The van der Waals surface area contributed by atoms with E-state index >= 15 is 0 Å². The van der Waals surface area contributed by atoms with E-state index in [-0.39, 0.29) is 0 Å². The second-order valence-electron chi connectivity index (χ2n) is 12.3. The van der Waals surface area contributed by atoms with Gasteiger partial charge in [0.25, 0.3) is 0 Å². The van der Waals surface area contributed by atoms with Crippen molar-refractivity contribution in [3.05, 3.63) is 206 Å². The van der Waals surface area contributed by atoms with Crippen LogP contribution in [-0.2, 0) is 0 Å². The molecule has 8 rings (SSSR count). The molecule has 0 spiro atoms. The molecule has 1 heteroatoms. The third-order valence-corrected chi connectivity index (χ3v) is 9.26. The molecule has 8 aromatic rings. The highest BCUT2D eigenvalue weighted by molar-refractivity contribution is 5.88. The van der Waals surface area contributed by atoms with Gasteiger partial charge in [-0.15, -0.1) is 0 Å². The summed E-state index contributed by atoms with van der Waals surface area (Å²) < 4.78 is 0. The molecular weight excluding hydrogens is 591 g/mol. The number of hydrogen-bond acceptors (Lipinski definition) is 1. The van der Waals surface area contributed by atoms with Gasteiger partial charge in [0.05, 0.1) is 0 Å². The van der Waals surface area contributed by atoms with Crippen molar-refractivity contribution < 1.29 is 0 Å². The van der Waals surface area contributed by atoms with Crippen molar-refractivity contribution >= 4 is 33.9 Å². The summed E-state index contributed by atoms with van der Waals surface area (Å²) in [6.45, 7) is 3.86. The molecule has 8 aromatic carbocycles. The van der Waals surface area contributed by atoms with E-state index in [0.29, 0.717) is 0 Å². The van der Waals surface area contributed by atoms with Crippen molar-refractivity contribution in [1.29, 1.82) is 0 Å². The topological polar surface area (TPSA) is 3.24 Å². The van der Waals surface area contributed by atoms with Crippen LogP contribution in [0.15, 0.2) is 201 Å². The summed E-state index contributed by atoms with van der Waals surface area (Å²) in [4.78, 5) is 2.33. The number of nitrogens with zero attached hydrogens (tertiary/aromatic N) is 1. The molecule has 0 bridgehead atoms. The van der Waals surface area contributed by atoms with E-state index in [9.17, 15) is 0 Å². The van der Waals surface area contributed by atoms with Crippen molar-refractivity contribution in [1.82, 2.24) is 0 Å². The van der Waals surface area contributed by atoms with Crippen LogP contribution in [-0.4, -0.2) is 0 Å². The van der Waals surface area contributed by atoms with Gasteiger partial charge in [-0.25, -0.2) is 0 Å². The zero-order chi connectivity index (χ0) is 33.0. The minimum absolute atomic E-state index is 1.11. The van der Waals surface area contributed by atoms with Crippen LogP contribution in [0.4, 0.5) is 17.1 Å². The lowest BCUT2D eigenvalue weighted by Crippen LogP contribution is -2.09. The summed E-state index contributed by atoms with van der Waals surface area (Å²) in [5.74, 6) is 0. The molecule has 0 aliphatic rings. The maximum absolute atomic E-state index is 3.86. The smallest absolute Gasteiger partial charge is 0.0462 e. The fourth-order valence-corrected chi connectivity index (χ4v) is 6.52. The second kappa shape index (κ2) is 13.4. The Labute approximate surface area is 288 Å². The molecule has 0 fully saturated rings. The Morgan fingerprint density at radius 1 is 0.306 bits per heavy atom. The Balaban J connectivity index is 1.11. The summed E-state index contributed by atoms with van der Waals surface area (Å²) in [6.07, 6.45) is 1.87. The molecule has 0 aliphatic heterocycles. The Morgan fingerprint density at radius 2 is 0.653 bits per heavy atom. The lowest BCUT2D eigenvalue weighted by Gasteiger charge is -2.26. The Bertz CT molecular complexity index is 2330. The summed E-state index contributed by atoms with van der Waals surface area (Å²) >= 11 is 0. The zero-order valence-corrected chi connectivity index (χ0v) is 27.2. The van der Waals surface area contributed by atoms with E-state index in [1.807, 2.05) is 6.08 Å². The predicted octanol–water partition coefficient (Wildman–Crippen LogP) is 13.6. The van der Waals surface area contributed by atoms with Crippen molar-refractivity contribution in [3.8, 4) is 44.5 Å². The summed E-state index contributed by atoms with van der Waals surface area (Å²) in [6, 6.07) is 69.7. The molecule has 0 heterocycles. The number of benzene rings is 8. The first-order chi connectivity index (χ1) is 24.2. The largest absolute Gasteiger partial charge is 0.311 e. The van der Waals surface area contributed by atoms with E-state index in [1.165, 1.54) is 55.3 Å². The second-order valence-corrected chi connectivity index (χ2v) is 12.3. The third kappa shape index (κ3) is 6.31. The van der Waals surface area contributed by atoms with Gasteiger partial charge in [0, 0.05) is 17.1 Å². The summed E-state index contributed by atoms with van der Waals surface area (Å²) in [5.41, 5.74) is 14.1. The molecule has 0 aromatic heterocycles. The quantitative estimate of drug-likeness (QED) is 0.162. The van der Waals surface area contributed by atoms with E-state index in [1.54, 1.807) is 0 Å². The molecule has 0 N–H and O–H groups in total. The number of fused-ring (bicyclic) bond motifs is 1. The van der Waals surface area contributed by atoms with E-state index in [0.717, 1.165) is 22.6 Å². The number of hydrogen-bond donors (Lipinski definition) is 0. The first kappa shape index (κ1) is 29.9. The highest BCUT2D eigenvalue weighted by atomic mass is 15.1. The molecule has 232 valence electrons. The van der Waals surface area contributed by atoms with Crippen LogP contribution in [0.25, 0.3) is 61.4 Å². The average molecular weight is 626 g/mol. The van der Waals surface area contributed by atoms with E-state index in [2.05, 4.69) is 206 Å². The number of anilines is 3. The summed E-state index contributed by atoms with van der Waals surface area (Å²) in [5, 5.41) is 2.51. The normalized spacial score (nSPS) is 10.9. The van der Waals surface area contributed by atoms with Gasteiger partial charge in [-0.05, 0) is 103 Å². The fraction of sp³-hybridized carbons (Fsp3) is 0. The molecule has 1 nitrogen and oxygen atoms in total. The highest BCUT2D eigenvalue weighted by Crippen LogP contribution is 2.38. The maximum atomic E-state index is 3.86. The Hall–Kier alpha value is -6.44. The van der Waals surface area contributed by atoms with Crippen molar-refractivity contribution in [2.75, 3.05) is 4.90 Å². The van der Waals surface area contributed by atoms with Gasteiger partial charge < -0.3 is 4.90 Å². The molecule has 0 atom stereocenters. The molecule has 0 saturated carbocycles. The SMILES string of the molecule is C=Cc1ccc(-c2ccc(-c3ccc(N(c4ccc(-c5ccccc5)cc4)c4ccc(-c5ccc6ccccc6c5)cc4)cc3)cc2)cc1. The summed E-state index contributed by atoms with van der Waals surface area (Å²) in [7, 11) is 0. The van der Waals surface area contributed by atoms with Gasteiger partial charge in [0.15, 0.2) is 0 Å². The standard InChI is InChI=1S/C48H35N/c1-2-35-12-14-38(15-13-35)39-16-18-40(19-17-39)42-24-30-47(31-25-42)49(46-28-22-41(23-29-46)36-8-4-3-5-9-36)48-32-26-43(27-33-48)45-21-20-37-10-6-7-11-44(37)34-45/h2-34H,1H2. The zero-order valence-electron chi connectivity index (χ0n) is 27.2. The third-order valence-electron chi connectivity index (χ3n) is 9.26. The van der Waals surface area contributed by atoms with E-state index in [4.69, 9.17) is 0 Å². The average Bonchev–Trinajstić information content (AvgIpc) is 3.19. The lowest BCUT2D eigenvalue weighted by atomic mass is 9.99. The molecular formula is C48H35N. The molecule has 49 heavy (non-hydrogen) atoms. The van der Waals surface area contributed by atoms with Crippen LogP contribution in [0.2, 0.25) is 0 Å². The van der Waals surface area contributed by atoms with Crippen LogP contribution < -0.4 is 4.90 Å². The van der Waals surface area contributed by atoms with Crippen LogP contribution >= 0.6 is 0 Å². The Kier molecular flexibility index (Phi) is 8.16. The van der Waals surface area contributed by atoms with Gasteiger partial charge in [0.1, 0.15) is 0 Å². The van der Waals surface area contributed by atoms with Crippen LogP contribution in [0.3, 0.4) is 0 Å². The lowest BCUT2D eigenvalue weighted by molar-refractivity contribution is 1.28. The molecule has 0 radical (unpaired) electrons. The minimum atomic E-state index is 1.11. The first-order valence-corrected chi connectivity index (χ1v) is 16.7.